The number of nitrogens with one attached hydrogen (secondary N) is 1. The molecule has 1 amide bonds. The molecule has 0 heterocycles. The maximum atomic E-state index is 12.2. The summed E-state index contributed by atoms with van der Waals surface area (Å²) in [6.07, 6.45) is -0.893. The molecule has 2 rings (SSSR count). The van der Waals surface area contributed by atoms with E-state index in [4.69, 9.17) is 9.47 Å². The molecule has 0 aliphatic rings. The Morgan fingerprint density at radius 3 is 2.19 bits per heavy atom. The Labute approximate surface area is 154 Å². The van der Waals surface area contributed by atoms with Gasteiger partial charge >= 0.3 is 5.97 Å². The van der Waals surface area contributed by atoms with Gasteiger partial charge in [-0.25, -0.2) is 4.79 Å². The number of carbonyl (C=O) groups is 2. The molecule has 0 bridgehead atoms. The normalized spacial score (nSPS) is 12.8. The highest BCUT2D eigenvalue weighted by Crippen LogP contribution is 2.22. The average molecular weight is 355 g/mol. The van der Waals surface area contributed by atoms with Crippen LogP contribution in [0.15, 0.2) is 48.5 Å². The zero-order chi connectivity index (χ0) is 19.1. The monoisotopic (exact) mass is 355 g/mol. The number of esters is 1. The molecule has 0 spiro atoms. The van der Waals surface area contributed by atoms with Crippen molar-refractivity contribution in [3.8, 4) is 5.75 Å². The van der Waals surface area contributed by atoms with E-state index < -0.39 is 12.1 Å². The molecule has 2 atom stereocenters. The first kappa shape index (κ1) is 19.5. The van der Waals surface area contributed by atoms with Crippen molar-refractivity contribution < 1.29 is 19.1 Å². The highest BCUT2D eigenvalue weighted by molar-refractivity contribution is 5.84. The fourth-order valence-electron chi connectivity index (χ4n) is 2.60. The largest absolute Gasteiger partial charge is 0.481 e. The molecule has 0 aliphatic carbocycles. The molecule has 26 heavy (non-hydrogen) atoms. The van der Waals surface area contributed by atoms with Gasteiger partial charge in [0.15, 0.2) is 12.7 Å². The number of carbonyl (C=O) groups excluding carboxylic acids is 2. The smallest absolute Gasteiger partial charge is 0.344 e. The number of para-hydroxylation sites is 1. The van der Waals surface area contributed by atoms with Crippen LogP contribution < -0.4 is 10.1 Å². The maximum absolute atomic E-state index is 12.2. The Bertz CT molecular complexity index is 738. The van der Waals surface area contributed by atoms with Crippen LogP contribution in [0.1, 0.15) is 36.6 Å². The number of amides is 1. The highest BCUT2D eigenvalue weighted by atomic mass is 16.6. The van der Waals surface area contributed by atoms with Gasteiger partial charge in [0.2, 0.25) is 0 Å². The van der Waals surface area contributed by atoms with Crippen LogP contribution in [0.3, 0.4) is 0 Å². The third kappa shape index (κ3) is 5.34. The zero-order valence-electron chi connectivity index (χ0n) is 15.6. The summed E-state index contributed by atoms with van der Waals surface area (Å²) >= 11 is 0. The van der Waals surface area contributed by atoms with Crippen molar-refractivity contribution in [1.82, 2.24) is 5.32 Å². The Balaban J connectivity index is 1.83. The molecule has 138 valence electrons. The lowest BCUT2D eigenvalue weighted by Crippen LogP contribution is -2.38. The minimum absolute atomic E-state index is 0.171. The summed E-state index contributed by atoms with van der Waals surface area (Å²) in [7, 11) is 0. The predicted octanol–water partition coefficient (Wildman–Crippen LogP) is 3.49. The van der Waals surface area contributed by atoms with E-state index in [-0.39, 0.29) is 18.6 Å². The molecule has 2 unspecified atom stereocenters. The van der Waals surface area contributed by atoms with E-state index in [0.29, 0.717) is 5.75 Å². The van der Waals surface area contributed by atoms with Crippen LogP contribution in [0.5, 0.6) is 5.75 Å². The van der Waals surface area contributed by atoms with Crippen molar-refractivity contribution in [2.75, 3.05) is 6.61 Å². The molecule has 0 saturated heterocycles. The molecule has 1 N–H and O–H groups in total. The number of hydrogen-bond acceptors (Lipinski definition) is 4. The van der Waals surface area contributed by atoms with Gasteiger partial charge in [-0.1, -0.05) is 48.5 Å². The Kier molecular flexibility index (Phi) is 6.78. The lowest BCUT2D eigenvalue weighted by Gasteiger charge is -2.18. The SMILES string of the molecule is Cc1cccc(C)c1OCC(=O)OC(C)C(=O)NC(C)c1ccccc1. The molecule has 0 radical (unpaired) electrons. The average Bonchev–Trinajstić information content (AvgIpc) is 2.61. The minimum atomic E-state index is -0.893. The Hall–Kier alpha value is -2.82. The van der Waals surface area contributed by atoms with Gasteiger partial charge in [0, 0.05) is 0 Å². The summed E-state index contributed by atoms with van der Waals surface area (Å²) in [5.41, 5.74) is 2.87. The summed E-state index contributed by atoms with van der Waals surface area (Å²) in [5.74, 6) is -0.260. The summed E-state index contributed by atoms with van der Waals surface area (Å²) in [6.45, 7) is 7.01. The van der Waals surface area contributed by atoms with Gasteiger partial charge in [0.1, 0.15) is 5.75 Å². The van der Waals surface area contributed by atoms with Crippen LogP contribution in [-0.2, 0) is 14.3 Å². The van der Waals surface area contributed by atoms with Crippen molar-refractivity contribution in [2.45, 2.75) is 39.8 Å². The van der Waals surface area contributed by atoms with Crippen LogP contribution in [-0.4, -0.2) is 24.6 Å². The number of rotatable bonds is 7. The lowest BCUT2D eigenvalue weighted by molar-refractivity contribution is -0.156. The number of ether oxygens (including phenoxy) is 2. The van der Waals surface area contributed by atoms with Gasteiger partial charge in [-0.15, -0.1) is 0 Å². The van der Waals surface area contributed by atoms with Gasteiger partial charge in [-0.2, -0.15) is 0 Å². The van der Waals surface area contributed by atoms with Crippen LogP contribution >= 0.6 is 0 Å². The van der Waals surface area contributed by atoms with Gasteiger partial charge in [-0.3, -0.25) is 4.79 Å². The van der Waals surface area contributed by atoms with E-state index in [1.165, 1.54) is 0 Å². The van der Waals surface area contributed by atoms with E-state index in [1.54, 1.807) is 6.92 Å². The van der Waals surface area contributed by atoms with Gasteiger partial charge in [0.25, 0.3) is 5.91 Å². The molecular weight excluding hydrogens is 330 g/mol. The molecule has 0 aromatic heterocycles. The van der Waals surface area contributed by atoms with Gasteiger partial charge in [0.05, 0.1) is 6.04 Å². The van der Waals surface area contributed by atoms with Crippen LogP contribution in [0, 0.1) is 13.8 Å². The van der Waals surface area contributed by atoms with E-state index in [2.05, 4.69) is 5.32 Å². The Morgan fingerprint density at radius 2 is 1.58 bits per heavy atom. The van der Waals surface area contributed by atoms with Crippen LogP contribution in [0.25, 0.3) is 0 Å². The molecule has 2 aromatic rings. The molecule has 0 fully saturated rings. The predicted molar refractivity (Wildman–Crippen MR) is 100.0 cm³/mol. The van der Waals surface area contributed by atoms with E-state index in [0.717, 1.165) is 16.7 Å². The summed E-state index contributed by atoms with van der Waals surface area (Å²) in [5, 5.41) is 2.84. The second kappa shape index (κ2) is 9.04. The van der Waals surface area contributed by atoms with E-state index >= 15 is 0 Å². The number of benzene rings is 2. The first-order valence-corrected chi connectivity index (χ1v) is 8.62. The fraction of sp³-hybridized carbons (Fsp3) is 0.333. The highest BCUT2D eigenvalue weighted by Gasteiger charge is 2.20. The number of aryl methyl sites for hydroxylation is 2. The standard InChI is InChI=1S/C21H25NO4/c1-14-9-8-10-15(2)20(14)25-13-19(23)26-17(4)21(24)22-16(3)18-11-6-5-7-12-18/h5-12,16-17H,13H2,1-4H3,(H,22,24). The van der Waals surface area contributed by atoms with E-state index in [9.17, 15) is 9.59 Å². The second-order valence-electron chi connectivity index (χ2n) is 6.28. The van der Waals surface area contributed by atoms with Crippen LogP contribution in [0.2, 0.25) is 0 Å². The molecule has 5 heteroatoms. The maximum Gasteiger partial charge on any atom is 0.344 e. The minimum Gasteiger partial charge on any atom is -0.481 e. The van der Waals surface area contributed by atoms with Crippen molar-refractivity contribution in [3.05, 3.63) is 65.2 Å². The summed E-state index contributed by atoms with van der Waals surface area (Å²) in [4.78, 5) is 24.2. The van der Waals surface area contributed by atoms with Gasteiger partial charge < -0.3 is 14.8 Å². The molecule has 2 aromatic carbocycles. The second-order valence-corrected chi connectivity index (χ2v) is 6.28. The number of hydrogen-bond donors (Lipinski definition) is 1. The third-order valence-electron chi connectivity index (χ3n) is 4.08. The first-order valence-electron chi connectivity index (χ1n) is 8.62. The molecule has 5 nitrogen and oxygen atoms in total. The van der Waals surface area contributed by atoms with E-state index in [1.807, 2.05) is 69.3 Å². The van der Waals surface area contributed by atoms with Crippen molar-refractivity contribution in [2.24, 2.45) is 0 Å². The fourth-order valence-corrected chi connectivity index (χ4v) is 2.60. The lowest BCUT2D eigenvalue weighted by atomic mass is 10.1. The van der Waals surface area contributed by atoms with Gasteiger partial charge in [-0.05, 0) is 44.4 Å². The topological polar surface area (TPSA) is 64.6 Å². The molecule has 0 aliphatic heterocycles. The Morgan fingerprint density at radius 1 is 0.962 bits per heavy atom. The molecular formula is C21H25NO4. The van der Waals surface area contributed by atoms with Crippen molar-refractivity contribution in [1.29, 1.82) is 0 Å². The molecule has 0 saturated carbocycles. The summed E-state index contributed by atoms with van der Waals surface area (Å²) < 4.78 is 10.7. The van der Waals surface area contributed by atoms with Crippen molar-refractivity contribution >= 4 is 11.9 Å². The van der Waals surface area contributed by atoms with Crippen molar-refractivity contribution in [3.63, 3.8) is 0 Å². The zero-order valence-corrected chi connectivity index (χ0v) is 15.6. The first-order chi connectivity index (χ1) is 12.4. The van der Waals surface area contributed by atoms with Crippen LogP contribution in [0.4, 0.5) is 0 Å². The third-order valence-corrected chi connectivity index (χ3v) is 4.08. The quantitative estimate of drug-likeness (QED) is 0.772. The summed E-state index contributed by atoms with van der Waals surface area (Å²) in [6, 6.07) is 15.2.